The molecular weight excluding hydrogens is 172 g/mol. The highest BCUT2D eigenvalue weighted by Gasteiger charge is 2.07. The second-order valence-corrected chi connectivity index (χ2v) is 3.24. The number of hydrogen-bond acceptors (Lipinski definition) is 5. The zero-order valence-corrected chi connectivity index (χ0v) is 6.16. The van der Waals surface area contributed by atoms with Crippen LogP contribution in [0.15, 0.2) is 0 Å². The average Bonchev–Trinajstić information content (AvgIpc) is 1.21. The smallest absolute Gasteiger partial charge is 0.263 e. The van der Waals surface area contributed by atoms with Crippen molar-refractivity contribution in [2.75, 3.05) is 0 Å². The van der Waals surface area contributed by atoms with Gasteiger partial charge in [0.25, 0.3) is 0 Å². The monoisotopic (exact) mass is 176 g/mol. The standard InChI is InChI=1S/CH4O4S3/c2-8(3,4)5-1(6)7/h1,6-7H,(H,2,3,4). The molecule has 0 unspecified atom stereocenters. The van der Waals surface area contributed by atoms with Gasteiger partial charge in [0, 0.05) is 0 Å². The van der Waals surface area contributed by atoms with Crippen LogP contribution in [0.25, 0.3) is 0 Å². The van der Waals surface area contributed by atoms with E-state index in [9.17, 15) is 8.42 Å². The van der Waals surface area contributed by atoms with E-state index in [0.717, 1.165) is 0 Å². The van der Waals surface area contributed by atoms with E-state index >= 15 is 0 Å². The van der Waals surface area contributed by atoms with Crippen molar-refractivity contribution in [2.24, 2.45) is 0 Å². The first-order valence-corrected chi connectivity index (χ1v) is 3.83. The molecule has 0 fully saturated rings. The van der Waals surface area contributed by atoms with E-state index in [0.29, 0.717) is 0 Å². The minimum absolute atomic E-state index is 1.11. The maximum Gasteiger partial charge on any atom is 0.399 e. The molecule has 0 aromatic heterocycles. The predicted molar refractivity (Wildman–Crippen MR) is 34.4 cm³/mol. The largest absolute Gasteiger partial charge is 0.399 e. The van der Waals surface area contributed by atoms with Gasteiger partial charge in [-0.2, -0.15) is 8.42 Å². The van der Waals surface area contributed by atoms with Gasteiger partial charge in [-0.1, -0.05) is 0 Å². The van der Waals surface area contributed by atoms with Crippen LogP contribution in [0.4, 0.5) is 0 Å². The van der Waals surface area contributed by atoms with Gasteiger partial charge in [0.1, 0.15) is 0 Å². The van der Waals surface area contributed by atoms with Crippen LogP contribution in [-0.2, 0) is 14.6 Å². The highest BCUT2D eigenvalue weighted by atomic mass is 32.3. The van der Waals surface area contributed by atoms with Crippen molar-refractivity contribution >= 4 is 35.7 Å². The maximum absolute atomic E-state index is 9.68. The molecule has 0 aromatic carbocycles. The molecule has 0 aliphatic carbocycles. The van der Waals surface area contributed by atoms with Crippen LogP contribution in [0, 0.1) is 0 Å². The molecule has 0 rings (SSSR count). The summed E-state index contributed by atoms with van der Waals surface area (Å²) < 4.78 is 29.8. The fraction of sp³-hybridized carbons (Fsp3) is 1.00. The topological polar surface area (TPSA) is 63.6 Å². The van der Waals surface area contributed by atoms with Gasteiger partial charge in [0.2, 0.25) is 0 Å². The molecule has 0 radical (unpaired) electrons. The molecule has 0 aromatic rings. The third kappa shape index (κ3) is 6.57. The zero-order chi connectivity index (χ0) is 6.78. The molecule has 7 heteroatoms. The summed E-state index contributed by atoms with van der Waals surface area (Å²) in [6.07, 6.45) is 0. The lowest BCUT2D eigenvalue weighted by atomic mass is 11.7. The van der Waals surface area contributed by atoms with E-state index in [-0.39, 0.29) is 0 Å². The third-order valence-corrected chi connectivity index (χ3v) is 1.14. The second kappa shape index (κ2) is 2.92. The van der Waals surface area contributed by atoms with Crippen molar-refractivity contribution in [1.82, 2.24) is 0 Å². The van der Waals surface area contributed by atoms with E-state index in [2.05, 4.69) is 29.4 Å². The van der Waals surface area contributed by atoms with Crippen molar-refractivity contribution in [3.05, 3.63) is 0 Å². The van der Waals surface area contributed by atoms with Crippen molar-refractivity contribution in [3.63, 3.8) is 0 Å². The van der Waals surface area contributed by atoms with E-state index in [1.54, 1.807) is 0 Å². The summed E-state index contributed by atoms with van der Waals surface area (Å²) in [5.74, 6) is 0. The normalized spacial score (nSPS) is 12.5. The summed E-state index contributed by atoms with van der Waals surface area (Å²) in [5, 5.41) is 0. The van der Waals surface area contributed by atoms with Crippen LogP contribution in [-0.4, -0.2) is 17.7 Å². The van der Waals surface area contributed by atoms with Crippen LogP contribution in [0.3, 0.4) is 0 Å². The van der Waals surface area contributed by atoms with E-state index < -0.39 is 15.2 Å². The Kier molecular flexibility index (Phi) is 3.13. The summed E-state index contributed by atoms with van der Waals surface area (Å²) in [5.41, 5.74) is 0. The molecule has 0 saturated heterocycles. The van der Waals surface area contributed by atoms with Crippen molar-refractivity contribution < 1.29 is 17.2 Å². The Labute approximate surface area is 58.0 Å². The minimum Gasteiger partial charge on any atom is -0.263 e. The maximum atomic E-state index is 9.68. The molecule has 4 nitrogen and oxygen atoms in total. The van der Waals surface area contributed by atoms with E-state index in [1.807, 2.05) is 0 Å². The van der Waals surface area contributed by atoms with Crippen molar-refractivity contribution in [3.8, 4) is 0 Å². The second-order valence-electron chi connectivity index (χ2n) is 0.850. The molecule has 0 aliphatic rings. The fourth-order valence-electron chi connectivity index (χ4n) is 0.109. The highest BCUT2D eigenvalue weighted by molar-refractivity contribution is 7.99. The zero-order valence-electron chi connectivity index (χ0n) is 3.55. The van der Waals surface area contributed by atoms with Gasteiger partial charge in [-0.3, -0.25) is 4.55 Å². The van der Waals surface area contributed by atoms with Crippen LogP contribution in [0.2, 0.25) is 0 Å². The van der Waals surface area contributed by atoms with Gasteiger partial charge < -0.3 is 0 Å². The van der Waals surface area contributed by atoms with Crippen LogP contribution >= 0.6 is 25.3 Å². The minimum atomic E-state index is -4.38. The summed E-state index contributed by atoms with van der Waals surface area (Å²) in [6.45, 7) is 0. The summed E-state index contributed by atoms with van der Waals surface area (Å²) in [6, 6.07) is 0. The molecule has 0 bridgehead atoms. The first kappa shape index (κ1) is 8.57. The Morgan fingerprint density at radius 3 is 1.88 bits per heavy atom. The number of hydrogen-bond donors (Lipinski definition) is 3. The SMILES string of the molecule is O=S(=O)(O)OC(S)S. The molecule has 0 spiro atoms. The molecule has 0 aliphatic heterocycles. The lowest BCUT2D eigenvalue weighted by molar-refractivity contribution is 0.299. The van der Waals surface area contributed by atoms with Gasteiger partial charge in [-0.25, -0.2) is 4.18 Å². The van der Waals surface area contributed by atoms with Crippen LogP contribution < -0.4 is 0 Å². The molecular formula is CH4O4S3. The Hall–Kier alpha value is 0.570. The third-order valence-electron chi connectivity index (χ3n) is 0.208. The molecule has 8 heavy (non-hydrogen) atoms. The Morgan fingerprint density at radius 2 is 1.88 bits per heavy atom. The van der Waals surface area contributed by atoms with Crippen LogP contribution in [0.5, 0.6) is 0 Å². The first-order chi connectivity index (χ1) is 3.42. The first-order valence-electron chi connectivity index (χ1n) is 1.43. The molecule has 50 valence electrons. The highest BCUT2D eigenvalue weighted by Crippen LogP contribution is 2.04. The van der Waals surface area contributed by atoms with E-state index in [1.165, 1.54) is 0 Å². The predicted octanol–water partition coefficient (Wildman–Crippen LogP) is -0.0510. The van der Waals surface area contributed by atoms with Gasteiger partial charge >= 0.3 is 10.4 Å². The summed E-state index contributed by atoms with van der Waals surface area (Å²) in [7, 11) is -4.38. The lowest BCUT2D eigenvalue weighted by Crippen LogP contribution is -2.06. The molecule has 0 heterocycles. The average molecular weight is 176 g/mol. The lowest BCUT2D eigenvalue weighted by Gasteiger charge is -1.98. The van der Waals surface area contributed by atoms with Crippen LogP contribution in [0.1, 0.15) is 0 Å². The van der Waals surface area contributed by atoms with Gasteiger partial charge in [0.15, 0.2) is 4.77 Å². The Morgan fingerprint density at radius 1 is 1.50 bits per heavy atom. The molecule has 0 saturated carbocycles. The summed E-state index contributed by atoms with van der Waals surface area (Å²) >= 11 is 6.79. The Bertz CT molecular complexity index is 145. The Balaban J connectivity index is 3.75. The van der Waals surface area contributed by atoms with Gasteiger partial charge in [-0.05, 0) is 0 Å². The quantitative estimate of drug-likeness (QED) is 0.313. The van der Waals surface area contributed by atoms with Gasteiger partial charge in [-0.15, -0.1) is 25.3 Å². The van der Waals surface area contributed by atoms with Crippen molar-refractivity contribution in [2.45, 2.75) is 4.77 Å². The van der Waals surface area contributed by atoms with Crippen molar-refractivity contribution in [1.29, 1.82) is 0 Å². The number of rotatable bonds is 2. The molecule has 0 atom stereocenters. The fourth-order valence-corrected chi connectivity index (χ4v) is 0.979. The molecule has 0 amide bonds. The van der Waals surface area contributed by atoms with Gasteiger partial charge in [0.05, 0.1) is 0 Å². The van der Waals surface area contributed by atoms with E-state index in [4.69, 9.17) is 4.55 Å². The molecule has 1 N–H and O–H groups in total. The summed E-state index contributed by atoms with van der Waals surface area (Å²) in [4.78, 5) is 0. The number of thiol groups is 2.